The minimum absolute atomic E-state index is 0.116. The smallest absolute Gasteiger partial charge is 0.410 e. The van der Waals surface area contributed by atoms with Crippen LogP contribution in [0.1, 0.15) is 28.4 Å². The van der Waals surface area contributed by atoms with Gasteiger partial charge in [-0.15, -0.1) is 0 Å². The zero-order valence-electron chi connectivity index (χ0n) is 18.2. The van der Waals surface area contributed by atoms with Gasteiger partial charge in [-0.3, -0.25) is 9.48 Å². The van der Waals surface area contributed by atoms with E-state index in [2.05, 4.69) is 16.5 Å². The van der Waals surface area contributed by atoms with Crippen molar-refractivity contribution in [3.63, 3.8) is 0 Å². The van der Waals surface area contributed by atoms with Gasteiger partial charge in [-0.1, -0.05) is 30.3 Å². The first kappa shape index (κ1) is 22.8. The maximum Gasteiger partial charge on any atom is 0.410 e. The monoisotopic (exact) mass is 462 g/mol. The minimum Gasteiger partial charge on any atom is -0.445 e. The fraction of sp³-hybridized carbons (Fsp3) is 0.250. The number of primary amides is 1. The first-order valence-electron chi connectivity index (χ1n) is 10.7. The molecule has 1 fully saturated rings. The average molecular weight is 462 g/mol. The molecule has 0 spiro atoms. The molecule has 2 amide bonds. The lowest BCUT2D eigenvalue weighted by atomic mass is 9.93. The Morgan fingerprint density at radius 2 is 1.94 bits per heavy atom. The molecule has 34 heavy (non-hydrogen) atoms. The SMILES string of the molecule is N#C[C@@H]1CCN(C(=O)OCc2ccccc2)CC1n1cc(C(N)=O)c(Nc2ccc(F)cc2)n1. The maximum atomic E-state index is 13.2. The van der Waals surface area contributed by atoms with Gasteiger partial charge in [-0.05, 0) is 36.2 Å². The Hall–Kier alpha value is -4.39. The second kappa shape index (κ2) is 10.0. The van der Waals surface area contributed by atoms with Crippen molar-refractivity contribution >= 4 is 23.5 Å². The third kappa shape index (κ3) is 5.15. The van der Waals surface area contributed by atoms with Crippen LogP contribution in [0.2, 0.25) is 0 Å². The molecule has 3 N–H and O–H groups in total. The predicted molar refractivity (Wildman–Crippen MR) is 121 cm³/mol. The van der Waals surface area contributed by atoms with Gasteiger partial charge in [0.15, 0.2) is 5.82 Å². The first-order chi connectivity index (χ1) is 16.4. The number of aromatic nitrogens is 2. The molecule has 2 aromatic carbocycles. The number of carbonyl (C=O) groups excluding carboxylic acids is 2. The quantitative estimate of drug-likeness (QED) is 0.577. The summed E-state index contributed by atoms with van der Waals surface area (Å²) in [6.07, 6.45) is 1.40. The van der Waals surface area contributed by atoms with Gasteiger partial charge in [0, 0.05) is 25.0 Å². The van der Waals surface area contributed by atoms with Gasteiger partial charge in [-0.25, -0.2) is 9.18 Å². The van der Waals surface area contributed by atoms with Crippen LogP contribution >= 0.6 is 0 Å². The number of rotatable bonds is 6. The van der Waals surface area contributed by atoms with E-state index in [4.69, 9.17) is 10.5 Å². The van der Waals surface area contributed by atoms with Crippen molar-refractivity contribution in [2.45, 2.75) is 19.1 Å². The highest BCUT2D eigenvalue weighted by Gasteiger charge is 2.35. The molecule has 1 unspecified atom stereocenters. The molecule has 0 bridgehead atoms. The lowest BCUT2D eigenvalue weighted by molar-refractivity contribution is 0.0714. The Morgan fingerprint density at radius 1 is 1.21 bits per heavy atom. The molecule has 9 nitrogen and oxygen atoms in total. The van der Waals surface area contributed by atoms with Crippen LogP contribution in [-0.4, -0.2) is 39.8 Å². The molecule has 0 aliphatic carbocycles. The summed E-state index contributed by atoms with van der Waals surface area (Å²) in [7, 11) is 0. The van der Waals surface area contributed by atoms with Crippen LogP contribution < -0.4 is 11.1 Å². The summed E-state index contributed by atoms with van der Waals surface area (Å²) >= 11 is 0. The summed E-state index contributed by atoms with van der Waals surface area (Å²) in [5, 5.41) is 17.1. The second-order valence-electron chi connectivity index (χ2n) is 7.95. The number of hydrogen-bond donors (Lipinski definition) is 2. The molecule has 10 heteroatoms. The van der Waals surface area contributed by atoms with E-state index in [1.54, 1.807) is 0 Å². The fourth-order valence-electron chi connectivity index (χ4n) is 3.83. The van der Waals surface area contributed by atoms with E-state index in [1.807, 2.05) is 30.3 Å². The molecule has 1 aliphatic heterocycles. The average Bonchev–Trinajstić information content (AvgIpc) is 3.28. The van der Waals surface area contributed by atoms with Crippen LogP contribution in [-0.2, 0) is 11.3 Å². The summed E-state index contributed by atoms with van der Waals surface area (Å²) in [6.45, 7) is 0.691. The van der Waals surface area contributed by atoms with Crippen molar-refractivity contribution in [3.05, 3.63) is 77.7 Å². The van der Waals surface area contributed by atoms with Crippen molar-refractivity contribution in [2.75, 3.05) is 18.4 Å². The number of hydrogen-bond acceptors (Lipinski definition) is 6. The highest BCUT2D eigenvalue weighted by atomic mass is 19.1. The largest absolute Gasteiger partial charge is 0.445 e. The van der Waals surface area contributed by atoms with Crippen LogP contribution in [0.5, 0.6) is 0 Å². The molecule has 0 radical (unpaired) electrons. The predicted octanol–water partition coefficient (Wildman–Crippen LogP) is 3.59. The third-order valence-electron chi connectivity index (χ3n) is 5.66. The normalized spacial score (nSPS) is 17.6. The molecule has 2 atom stereocenters. The molecule has 0 saturated carbocycles. The number of piperidine rings is 1. The highest BCUT2D eigenvalue weighted by Crippen LogP contribution is 2.30. The van der Waals surface area contributed by atoms with E-state index in [-0.39, 0.29) is 24.5 Å². The van der Waals surface area contributed by atoms with Gasteiger partial charge < -0.3 is 20.7 Å². The van der Waals surface area contributed by atoms with Gasteiger partial charge in [0.05, 0.1) is 18.0 Å². The number of nitrogens with one attached hydrogen (secondary N) is 1. The molecule has 4 rings (SSSR count). The zero-order valence-corrected chi connectivity index (χ0v) is 18.2. The number of ether oxygens (including phenoxy) is 1. The van der Waals surface area contributed by atoms with Crippen LogP contribution in [0.15, 0.2) is 60.8 Å². The number of nitriles is 1. The number of likely N-dealkylation sites (tertiary alicyclic amines) is 1. The lowest BCUT2D eigenvalue weighted by Gasteiger charge is -2.35. The molecule has 174 valence electrons. The number of nitrogens with two attached hydrogens (primary N) is 1. The zero-order chi connectivity index (χ0) is 24.1. The minimum atomic E-state index is -0.709. The summed E-state index contributed by atoms with van der Waals surface area (Å²) in [6, 6.07) is 16.6. The molecule has 1 aliphatic rings. The maximum absolute atomic E-state index is 13.2. The van der Waals surface area contributed by atoms with Crippen molar-refractivity contribution in [1.29, 1.82) is 5.26 Å². The van der Waals surface area contributed by atoms with Gasteiger partial charge in [0.1, 0.15) is 18.0 Å². The van der Waals surface area contributed by atoms with E-state index in [0.717, 1.165) is 5.56 Å². The number of carbonyl (C=O) groups is 2. The van der Waals surface area contributed by atoms with Crippen LogP contribution in [0, 0.1) is 23.1 Å². The van der Waals surface area contributed by atoms with Gasteiger partial charge in [0.2, 0.25) is 0 Å². The first-order valence-corrected chi connectivity index (χ1v) is 10.7. The Kier molecular flexibility index (Phi) is 6.73. The summed E-state index contributed by atoms with van der Waals surface area (Å²) in [5.41, 5.74) is 7.03. The van der Waals surface area contributed by atoms with Crippen molar-refractivity contribution < 1.29 is 18.7 Å². The molecule has 1 aromatic heterocycles. The molecule has 1 saturated heterocycles. The standard InChI is InChI=1S/C24H23FN6O3/c25-18-6-8-19(9-7-18)28-23-20(22(27)32)13-31(29-23)21-14-30(11-10-17(21)12-26)24(33)34-15-16-4-2-1-3-5-16/h1-9,13,17,21H,10-11,14-15H2,(H2,27,32)(H,28,29)/t17-,21?/m0/s1. The van der Waals surface area contributed by atoms with E-state index >= 15 is 0 Å². The van der Waals surface area contributed by atoms with Crippen LogP contribution in [0.3, 0.4) is 0 Å². The summed E-state index contributed by atoms with van der Waals surface area (Å²) in [4.78, 5) is 26.2. The number of amides is 2. The Balaban J connectivity index is 1.52. The number of nitrogens with zero attached hydrogens (tertiary/aromatic N) is 4. The highest BCUT2D eigenvalue weighted by molar-refractivity contribution is 5.98. The van der Waals surface area contributed by atoms with Crippen LogP contribution in [0.25, 0.3) is 0 Å². The van der Waals surface area contributed by atoms with E-state index in [9.17, 15) is 19.2 Å². The third-order valence-corrected chi connectivity index (χ3v) is 5.66. The lowest BCUT2D eigenvalue weighted by Crippen LogP contribution is -2.44. The Bertz CT molecular complexity index is 1210. The van der Waals surface area contributed by atoms with Crippen molar-refractivity contribution in [2.24, 2.45) is 11.7 Å². The second-order valence-corrected chi connectivity index (χ2v) is 7.95. The van der Waals surface area contributed by atoms with E-state index in [0.29, 0.717) is 18.7 Å². The number of halogens is 1. The van der Waals surface area contributed by atoms with Gasteiger partial charge in [0.25, 0.3) is 5.91 Å². The topological polar surface area (TPSA) is 126 Å². The van der Waals surface area contributed by atoms with Gasteiger partial charge in [-0.2, -0.15) is 10.4 Å². The molecular formula is C24H23FN6O3. The number of benzene rings is 2. The Labute approximate surface area is 195 Å². The van der Waals surface area contributed by atoms with Crippen molar-refractivity contribution in [3.8, 4) is 6.07 Å². The fourth-order valence-corrected chi connectivity index (χ4v) is 3.83. The molecule has 3 aromatic rings. The summed E-state index contributed by atoms with van der Waals surface area (Å²) in [5.74, 6) is -1.36. The van der Waals surface area contributed by atoms with E-state index < -0.39 is 29.8 Å². The number of anilines is 2. The van der Waals surface area contributed by atoms with Crippen molar-refractivity contribution in [1.82, 2.24) is 14.7 Å². The molecular weight excluding hydrogens is 439 g/mol. The van der Waals surface area contributed by atoms with Crippen LogP contribution in [0.4, 0.5) is 20.7 Å². The van der Waals surface area contributed by atoms with E-state index in [1.165, 1.54) is 40.0 Å². The Morgan fingerprint density at radius 3 is 2.62 bits per heavy atom. The summed E-state index contributed by atoms with van der Waals surface area (Å²) < 4.78 is 20.1. The van der Waals surface area contributed by atoms with Gasteiger partial charge >= 0.3 is 6.09 Å². The molecule has 2 heterocycles.